The second-order valence-electron chi connectivity index (χ2n) is 8.10. The van der Waals surface area contributed by atoms with Gasteiger partial charge in [0.05, 0.1) is 0 Å². The van der Waals surface area contributed by atoms with Gasteiger partial charge in [-0.15, -0.1) is 24.8 Å². The first-order chi connectivity index (χ1) is 13.3. The summed E-state index contributed by atoms with van der Waals surface area (Å²) >= 11 is -2.79. The molecule has 0 amide bonds. The van der Waals surface area contributed by atoms with Gasteiger partial charge in [-0.2, -0.15) is 0 Å². The van der Waals surface area contributed by atoms with E-state index < -0.39 is 19.1 Å². The Hall–Kier alpha value is -1.19. The van der Waals surface area contributed by atoms with E-state index in [0.717, 1.165) is 0 Å². The fraction of sp³-hybridized carbons (Fsp3) is 0.120. The molecule has 0 saturated heterocycles. The van der Waals surface area contributed by atoms with Crippen molar-refractivity contribution >= 4 is 48.9 Å². The molecule has 29 heavy (non-hydrogen) atoms. The van der Waals surface area contributed by atoms with Gasteiger partial charge in [-0.05, 0) is 0 Å². The van der Waals surface area contributed by atoms with E-state index in [1.807, 2.05) is 0 Å². The molecule has 0 N–H and O–H groups in total. The molecule has 0 aromatic heterocycles. The molecule has 0 saturated carbocycles. The van der Waals surface area contributed by atoms with Gasteiger partial charge >= 0.3 is 168 Å². The zero-order valence-corrected chi connectivity index (χ0v) is 23.1. The summed E-state index contributed by atoms with van der Waals surface area (Å²) in [6.45, 7) is -0.312. The van der Waals surface area contributed by atoms with Gasteiger partial charge in [-0.25, -0.2) is 0 Å². The molecule has 0 fully saturated rings. The van der Waals surface area contributed by atoms with Crippen LogP contribution >= 0.6 is 24.8 Å². The number of allylic oxidation sites excluding steroid dienone is 2. The summed E-state index contributed by atoms with van der Waals surface area (Å²) in [7, 11) is 0. The summed E-state index contributed by atoms with van der Waals surface area (Å²) in [4.78, 5) is 0. The van der Waals surface area contributed by atoms with Crippen LogP contribution in [0.1, 0.15) is 29.6 Å². The molecule has 3 aromatic carbocycles. The van der Waals surface area contributed by atoms with Gasteiger partial charge in [0.1, 0.15) is 0 Å². The Morgan fingerprint density at radius 3 is 1.59 bits per heavy atom. The topological polar surface area (TPSA) is 0 Å². The van der Waals surface area contributed by atoms with Crippen molar-refractivity contribution in [3.8, 4) is 0 Å². The van der Waals surface area contributed by atoms with Gasteiger partial charge < -0.3 is 0 Å². The van der Waals surface area contributed by atoms with Crippen molar-refractivity contribution < 1.29 is 19.1 Å². The van der Waals surface area contributed by atoms with E-state index in [1.54, 1.807) is 16.3 Å². The Balaban J connectivity index is 0.00000120. The van der Waals surface area contributed by atoms with Crippen LogP contribution in [0, 0.1) is 0 Å². The van der Waals surface area contributed by atoms with Crippen LogP contribution in [0.3, 0.4) is 0 Å². The van der Waals surface area contributed by atoms with Crippen LogP contribution in [0.25, 0.3) is 12.2 Å². The van der Waals surface area contributed by atoms with Crippen LogP contribution in [0.5, 0.6) is 0 Å². The first kappa shape index (κ1) is 22.5. The number of fused-ring (bicyclic) bond motifs is 2. The molecule has 0 spiro atoms. The Labute approximate surface area is 192 Å². The van der Waals surface area contributed by atoms with E-state index in [0.29, 0.717) is 7.35 Å². The minimum absolute atomic E-state index is 0. The third kappa shape index (κ3) is 4.05. The molecule has 2 unspecified atom stereocenters. The standard InChI is InChI=1S/2C9H7.C6H7Si.CH3.2ClH.Hf/c2*1-2-5-9-7-3-6-8(9)4-1;7-6-4-2-1-3-5-6;;;;/h2*1-7H;1-5H,7H2;1H3;2*1H;. The third-order valence-corrected chi connectivity index (χ3v) is 41.7. The van der Waals surface area contributed by atoms with Crippen molar-refractivity contribution in [1.82, 2.24) is 0 Å². The second kappa shape index (κ2) is 9.30. The molecule has 5 rings (SSSR count). The first-order valence-electron chi connectivity index (χ1n) is 9.84. The van der Waals surface area contributed by atoms with Crippen molar-refractivity contribution in [2.24, 2.45) is 0 Å². The summed E-state index contributed by atoms with van der Waals surface area (Å²) in [5.41, 5.74) is 6.10. The van der Waals surface area contributed by atoms with E-state index in [9.17, 15) is 0 Å². The summed E-state index contributed by atoms with van der Waals surface area (Å²) in [6.07, 6.45) is 9.91. The zero-order chi connectivity index (χ0) is 18.3. The average Bonchev–Trinajstić information content (AvgIpc) is 3.34. The van der Waals surface area contributed by atoms with Crippen LogP contribution in [0.4, 0.5) is 0 Å². The molecule has 0 nitrogen and oxygen atoms in total. The normalized spacial score (nSPS) is 20.6. The predicted octanol–water partition coefficient (Wildman–Crippen LogP) is 5.98. The van der Waals surface area contributed by atoms with Gasteiger partial charge in [0, 0.05) is 0 Å². The van der Waals surface area contributed by atoms with E-state index in [4.69, 9.17) is 0 Å². The molecule has 0 aliphatic heterocycles. The Bertz CT molecular complexity index is 984. The van der Waals surface area contributed by atoms with E-state index >= 15 is 0 Å². The van der Waals surface area contributed by atoms with E-state index in [2.05, 4.69) is 108 Å². The summed E-state index contributed by atoms with van der Waals surface area (Å²) < 4.78 is 4.16. The first-order valence-corrected chi connectivity index (χ1v) is 26.6. The molecular weight excluding hydrogens is 578 g/mol. The Morgan fingerprint density at radius 2 is 1.07 bits per heavy atom. The van der Waals surface area contributed by atoms with E-state index in [1.165, 1.54) is 11.1 Å². The predicted molar refractivity (Wildman–Crippen MR) is 131 cm³/mol. The van der Waals surface area contributed by atoms with Crippen LogP contribution < -0.4 is 5.19 Å². The molecule has 0 bridgehead atoms. The monoisotopic (exact) mass is 604 g/mol. The fourth-order valence-electron chi connectivity index (χ4n) is 5.10. The van der Waals surface area contributed by atoms with Crippen LogP contribution in [-0.4, -0.2) is 6.71 Å². The van der Waals surface area contributed by atoms with Crippen molar-refractivity contribution in [3.63, 3.8) is 0 Å². The Morgan fingerprint density at radius 1 is 0.621 bits per heavy atom. The fourth-order valence-corrected chi connectivity index (χ4v) is 41.7. The molecule has 2 aliphatic rings. The molecule has 2 aliphatic carbocycles. The summed E-state index contributed by atoms with van der Waals surface area (Å²) in [5.74, 6) is 0. The van der Waals surface area contributed by atoms with Gasteiger partial charge in [0.15, 0.2) is 0 Å². The van der Waals surface area contributed by atoms with Gasteiger partial charge in [-0.1, -0.05) is 0 Å². The van der Waals surface area contributed by atoms with Gasteiger partial charge in [-0.3, -0.25) is 0 Å². The van der Waals surface area contributed by atoms with Crippen molar-refractivity contribution in [2.45, 2.75) is 12.0 Å². The third-order valence-electron chi connectivity index (χ3n) is 6.45. The molecule has 4 heteroatoms. The molecule has 148 valence electrons. The van der Waals surface area contributed by atoms with E-state index in [-0.39, 0.29) is 31.5 Å². The summed E-state index contributed by atoms with van der Waals surface area (Å²) in [6, 6.07) is 29.6. The zero-order valence-electron chi connectivity index (χ0n) is 16.5. The van der Waals surface area contributed by atoms with Crippen molar-refractivity contribution in [2.75, 3.05) is 0 Å². The van der Waals surface area contributed by atoms with Crippen molar-refractivity contribution in [3.05, 3.63) is 113 Å². The van der Waals surface area contributed by atoms with Crippen molar-refractivity contribution in [1.29, 1.82) is 0 Å². The molecular formula is C25H26Cl2HfSi. The van der Waals surface area contributed by atoms with Gasteiger partial charge in [0.25, 0.3) is 0 Å². The molecule has 3 aromatic rings. The number of hydrogen-bond donors (Lipinski definition) is 0. The number of benzene rings is 3. The summed E-state index contributed by atoms with van der Waals surface area (Å²) in [5, 5.41) is 1.65. The molecule has 2 atom stereocenters. The van der Waals surface area contributed by atoms with Crippen LogP contribution in [0.15, 0.2) is 91.0 Å². The second-order valence-corrected chi connectivity index (χ2v) is 40.8. The number of halogens is 2. The van der Waals surface area contributed by atoms with Crippen LogP contribution in [0.2, 0.25) is 4.68 Å². The number of rotatable bonds is 4. The Kier molecular flexibility index (Phi) is 7.22. The maximum atomic E-state index is 2.76. The van der Waals surface area contributed by atoms with Gasteiger partial charge in [0.2, 0.25) is 0 Å². The number of hydrogen-bond acceptors (Lipinski definition) is 0. The molecule has 0 radical (unpaired) electrons. The SMILES string of the molecule is Cl.Cl.[CH3][Hf]([SiH2]c1ccccc1)([CH]1C=Cc2ccccc21)[CH]1C=Cc2ccccc21. The molecule has 0 heterocycles. The maximum absolute atomic E-state index is 2.79. The van der Waals surface area contributed by atoms with Crippen LogP contribution in [-0.2, 0) is 19.1 Å². The quantitative estimate of drug-likeness (QED) is 0.322. The average molecular weight is 604 g/mol. The minimum atomic E-state index is -2.79.